The Morgan fingerprint density at radius 3 is 2.50 bits per heavy atom. The van der Waals surface area contributed by atoms with Gasteiger partial charge in [-0.05, 0) is 25.7 Å². The average molecular weight is 166 g/mol. The van der Waals surface area contributed by atoms with Crippen LogP contribution in [0.15, 0.2) is 10.7 Å². The number of rotatable bonds is 1. The standard InChI is InChI=1S/C8H12N3O/c1-6-2-4-7(5-3-6)10-11-8(9)12/h1H,2-5H2,(H3,9,11,12). The molecule has 12 heavy (non-hydrogen) atoms. The van der Waals surface area contributed by atoms with Gasteiger partial charge in [-0.25, -0.2) is 10.2 Å². The highest BCUT2D eigenvalue weighted by molar-refractivity contribution is 5.87. The molecule has 0 atom stereocenters. The van der Waals surface area contributed by atoms with Crippen LogP contribution < -0.4 is 11.2 Å². The minimum atomic E-state index is -0.620. The van der Waals surface area contributed by atoms with Crippen LogP contribution >= 0.6 is 0 Å². The van der Waals surface area contributed by atoms with Crippen LogP contribution in [0.2, 0.25) is 0 Å². The van der Waals surface area contributed by atoms with Crippen molar-refractivity contribution in [3.63, 3.8) is 0 Å². The highest BCUT2D eigenvalue weighted by atomic mass is 16.2. The Kier molecular flexibility index (Phi) is 2.85. The molecule has 2 amide bonds. The molecular formula is C8H12N3O. The van der Waals surface area contributed by atoms with E-state index < -0.39 is 6.03 Å². The van der Waals surface area contributed by atoms with Gasteiger partial charge in [-0.1, -0.05) is 12.2 Å². The molecule has 1 saturated carbocycles. The summed E-state index contributed by atoms with van der Waals surface area (Å²) >= 11 is 0. The largest absolute Gasteiger partial charge is 0.350 e. The van der Waals surface area contributed by atoms with Crippen LogP contribution in [0.1, 0.15) is 25.7 Å². The topological polar surface area (TPSA) is 67.5 Å². The van der Waals surface area contributed by atoms with Crippen LogP contribution in [-0.2, 0) is 0 Å². The summed E-state index contributed by atoms with van der Waals surface area (Å²) in [6, 6.07) is -0.620. The highest BCUT2D eigenvalue weighted by Gasteiger charge is 2.09. The maximum Gasteiger partial charge on any atom is 0.332 e. The van der Waals surface area contributed by atoms with Gasteiger partial charge in [0.05, 0.1) is 0 Å². The summed E-state index contributed by atoms with van der Waals surface area (Å²) in [5, 5.41) is 3.84. The molecule has 0 spiro atoms. The maximum absolute atomic E-state index is 10.3. The van der Waals surface area contributed by atoms with Crippen molar-refractivity contribution in [2.24, 2.45) is 10.8 Å². The molecule has 1 aliphatic rings. The van der Waals surface area contributed by atoms with Crippen molar-refractivity contribution in [3.05, 3.63) is 12.2 Å². The minimum Gasteiger partial charge on any atom is -0.350 e. The van der Waals surface area contributed by atoms with E-state index in [1.165, 1.54) is 0 Å². The molecule has 0 aromatic heterocycles. The van der Waals surface area contributed by atoms with Crippen LogP contribution in [-0.4, -0.2) is 11.7 Å². The molecule has 0 heterocycles. The second-order valence-corrected chi connectivity index (χ2v) is 2.81. The molecule has 0 aromatic rings. The summed E-state index contributed by atoms with van der Waals surface area (Å²) in [5.41, 5.74) is 9.03. The van der Waals surface area contributed by atoms with Crippen LogP contribution in [0, 0.1) is 6.58 Å². The van der Waals surface area contributed by atoms with Crippen molar-refractivity contribution in [2.45, 2.75) is 25.7 Å². The number of hydrogen-bond acceptors (Lipinski definition) is 2. The average Bonchev–Trinajstić information content (AvgIpc) is 2.03. The first-order valence-corrected chi connectivity index (χ1v) is 3.89. The zero-order valence-corrected chi connectivity index (χ0v) is 6.84. The van der Waals surface area contributed by atoms with Crippen molar-refractivity contribution < 1.29 is 4.79 Å². The van der Waals surface area contributed by atoms with E-state index in [9.17, 15) is 4.79 Å². The summed E-state index contributed by atoms with van der Waals surface area (Å²) in [6.07, 6.45) is 3.37. The molecule has 0 aromatic carbocycles. The molecule has 4 heteroatoms. The molecule has 0 aliphatic heterocycles. The number of nitrogens with zero attached hydrogens (tertiary/aromatic N) is 1. The molecule has 3 N–H and O–H groups in total. The predicted octanol–water partition coefficient (Wildman–Crippen LogP) is 0.944. The van der Waals surface area contributed by atoms with Gasteiger partial charge in [-0.3, -0.25) is 0 Å². The number of allylic oxidation sites excluding steroid dienone is 1. The molecule has 4 nitrogen and oxygen atoms in total. The maximum atomic E-state index is 10.3. The Morgan fingerprint density at radius 1 is 1.42 bits per heavy atom. The third-order valence-electron chi connectivity index (χ3n) is 1.79. The SMILES string of the molecule is [CH]=C1CCC(=NNC(N)=O)CC1. The van der Waals surface area contributed by atoms with Gasteiger partial charge in [-0.2, -0.15) is 5.10 Å². The number of amides is 2. The summed E-state index contributed by atoms with van der Waals surface area (Å²) < 4.78 is 0. The first-order chi connectivity index (χ1) is 5.68. The fourth-order valence-corrected chi connectivity index (χ4v) is 1.11. The molecule has 1 rings (SSSR count). The van der Waals surface area contributed by atoms with Gasteiger partial charge < -0.3 is 5.73 Å². The van der Waals surface area contributed by atoms with Gasteiger partial charge >= 0.3 is 6.03 Å². The first-order valence-electron chi connectivity index (χ1n) is 3.89. The lowest BCUT2D eigenvalue weighted by atomic mass is 9.95. The second kappa shape index (κ2) is 3.90. The van der Waals surface area contributed by atoms with E-state index >= 15 is 0 Å². The van der Waals surface area contributed by atoms with Crippen LogP contribution in [0.4, 0.5) is 4.79 Å². The number of nitrogens with one attached hydrogen (secondary N) is 1. The van der Waals surface area contributed by atoms with E-state index in [1.54, 1.807) is 0 Å². The number of primary amides is 1. The number of carbonyl (C=O) groups excluding carboxylic acids is 1. The van der Waals surface area contributed by atoms with E-state index in [0.29, 0.717) is 0 Å². The van der Waals surface area contributed by atoms with E-state index in [-0.39, 0.29) is 0 Å². The molecule has 1 aliphatic carbocycles. The number of hydrazone groups is 1. The predicted molar refractivity (Wildman–Crippen MR) is 46.4 cm³/mol. The zero-order valence-electron chi connectivity index (χ0n) is 6.84. The van der Waals surface area contributed by atoms with Gasteiger partial charge in [0.15, 0.2) is 0 Å². The summed E-state index contributed by atoms with van der Waals surface area (Å²) in [6.45, 7) is 5.60. The fourth-order valence-electron chi connectivity index (χ4n) is 1.11. The van der Waals surface area contributed by atoms with E-state index in [0.717, 1.165) is 37.0 Å². The minimum absolute atomic E-state index is 0.620. The van der Waals surface area contributed by atoms with E-state index in [2.05, 4.69) is 10.5 Å². The molecule has 0 unspecified atom stereocenters. The number of nitrogens with two attached hydrogens (primary N) is 1. The molecule has 0 saturated heterocycles. The third kappa shape index (κ3) is 2.74. The number of hydrogen-bond donors (Lipinski definition) is 2. The molecule has 0 bridgehead atoms. The lowest BCUT2D eigenvalue weighted by Gasteiger charge is -2.13. The molecule has 65 valence electrons. The Balaban J connectivity index is 2.38. The molecule has 1 radical (unpaired) electrons. The molecule has 1 fully saturated rings. The van der Waals surface area contributed by atoms with E-state index in [4.69, 9.17) is 12.3 Å². The Labute approximate surface area is 71.5 Å². The van der Waals surface area contributed by atoms with Crippen LogP contribution in [0.5, 0.6) is 0 Å². The van der Waals surface area contributed by atoms with Crippen molar-refractivity contribution >= 4 is 11.7 Å². The zero-order chi connectivity index (χ0) is 8.97. The van der Waals surface area contributed by atoms with Crippen molar-refractivity contribution in [1.82, 2.24) is 5.43 Å². The van der Waals surface area contributed by atoms with Gasteiger partial charge in [0.2, 0.25) is 0 Å². The van der Waals surface area contributed by atoms with Gasteiger partial charge in [0.1, 0.15) is 0 Å². The van der Waals surface area contributed by atoms with Crippen LogP contribution in [0.3, 0.4) is 0 Å². The van der Waals surface area contributed by atoms with Crippen molar-refractivity contribution in [1.29, 1.82) is 0 Å². The Bertz CT molecular complexity index is 220. The Hall–Kier alpha value is -1.32. The van der Waals surface area contributed by atoms with E-state index in [1.807, 2.05) is 0 Å². The summed E-state index contributed by atoms with van der Waals surface area (Å²) in [4.78, 5) is 10.3. The monoisotopic (exact) mass is 166 g/mol. The summed E-state index contributed by atoms with van der Waals surface area (Å²) in [7, 11) is 0. The lowest BCUT2D eigenvalue weighted by molar-refractivity contribution is 0.249. The van der Waals surface area contributed by atoms with Crippen molar-refractivity contribution in [3.8, 4) is 0 Å². The Morgan fingerprint density at radius 2 is 2.00 bits per heavy atom. The fraction of sp³-hybridized carbons (Fsp3) is 0.500. The number of carbonyl (C=O) groups is 1. The second-order valence-electron chi connectivity index (χ2n) is 2.81. The quantitative estimate of drug-likeness (QED) is 0.559. The lowest BCUT2D eigenvalue weighted by Crippen LogP contribution is -2.26. The first kappa shape index (κ1) is 8.77. The smallest absolute Gasteiger partial charge is 0.332 e. The van der Waals surface area contributed by atoms with Gasteiger partial charge in [-0.15, -0.1) is 0 Å². The summed E-state index contributed by atoms with van der Waals surface area (Å²) in [5.74, 6) is 0. The van der Waals surface area contributed by atoms with Gasteiger partial charge in [0.25, 0.3) is 0 Å². The van der Waals surface area contributed by atoms with Crippen molar-refractivity contribution in [2.75, 3.05) is 0 Å². The third-order valence-corrected chi connectivity index (χ3v) is 1.79. The van der Waals surface area contributed by atoms with Crippen LogP contribution in [0.25, 0.3) is 0 Å². The number of urea groups is 1. The molecular weight excluding hydrogens is 154 g/mol. The van der Waals surface area contributed by atoms with Gasteiger partial charge in [0, 0.05) is 5.71 Å². The highest BCUT2D eigenvalue weighted by Crippen LogP contribution is 2.18. The normalized spacial score (nSPS) is 17.3.